The molecule has 4 heteroatoms. The van der Waals surface area contributed by atoms with Crippen LogP contribution in [0.4, 0.5) is 0 Å². The van der Waals surface area contributed by atoms with Crippen LogP contribution in [0, 0.1) is 5.41 Å². The van der Waals surface area contributed by atoms with E-state index in [1.165, 1.54) is 0 Å². The SMILES string of the molecule is CCC(C)(CN)C(=O)N[C@H](C)c1cccc(Cl)c1. The summed E-state index contributed by atoms with van der Waals surface area (Å²) in [5, 5.41) is 3.66. The third kappa shape index (κ3) is 3.47. The average Bonchev–Trinajstić information content (AvgIpc) is 2.37. The van der Waals surface area contributed by atoms with Crippen molar-refractivity contribution in [1.82, 2.24) is 5.32 Å². The second-order valence-electron chi connectivity index (χ2n) is 4.87. The van der Waals surface area contributed by atoms with Crippen LogP contribution in [-0.4, -0.2) is 12.5 Å². The Morgan fingerprint density at radius 3 is 2.72 bits per heavy atom. The summed E-state index contributed by atoms with van der Waals surface area (Å²) in [5.74, 6) is -0.0139. The fourth-order valence-corrected chi connectivity index (χ4v) is 1.83. The summed E-state index contributed by atoms with van der Waals surface area (Å²) in [7, 11) is 0. The van der Waals surface area contributed by atoms with E-state index in [-0.39, 0.29) is 11.9 Å². The van der Waals surface area contributed by atoms with Gasteiger partial charge in [-0.15, -0.1) is 0 Å². The van der Waals surface area contributed by atoms with E-state index in [2.05, 4.69) is 5.32 Å². The maximum absolute atomic E-state index is 12.2. The topological polar surface area (TPSA) is 55.1 Å². The van der Waals surface area contributed by atoms with Gasteiger partial charge in [-0.1, -0.05) is 30.7 Å². The summed E-state index contributed by atoms with van der Waals surface area (Å²) in [5.41, 5.74) is 6.16. The summed E-state index contributed by atoms with van der Waals surface area (Å²) in [6.07, 6.45) is 0.720. The van der Waals surface area contributed by atoms with Crippen molar-refractivity contribution in [2.45, 2.75) is 33.2 Å². The molecule has 2 atom stereocenters. The van der Waals surface area contributed by atoms with E-state index in [1.807, 2.05) is 45.0 Å². The lowest BCUT2D eigenvalue weighted by atomic mass is 9.86. The second-order valence-corrected chi connectivity index (χ2v) is 5.30. The molecule has 0 aliphatic rings. The highest BCUT2D eigenvalue weighted by Crippen LogP contribution is 2.22. The molecular formula is C14H21ClN2O. The molecule has 0 saturated heterocycles. The molecule has 0 radical (unpaired) electrons. The summed E-state index contributed by atoms with van der Waals surface area (Å²) in [6.45, 7) is 6.14. The van der Waals surface area contributed by atoms with Crippen molar-refractivity contribution in [2.24, 2.45) is 11.1 Å². The highest BCUT2D eigenvalue weighted by Gasteiger charge is 2.30. The van der Waals surface area contributed by atoms with Gasteiger partial charge in [-0.05, 0) is 38.0 Å². The van der Waals surface area contributed by atoms with Gasteiger partial charge in [0.1, 0.15) is 0 Å². The van der Waals surface area contributed by atoms with E-state index >= 15 is 0 Å². The fourth-order valence-electron chi connectivity index (χ4n) is 1.63. The van der Waals surface area contributed by atoms with Gasteiger partial charge in [-0.3, -0.25) is 4.79 Å². The second kappa shape index (κ2) is 6.21. The molecular weight excluding hydrogens is 248 g/mol. The van der Waals surface area contributed by atoms with Gasteiger partial charge in [0, 0.05) is 11.6 Å². The van der Waals surface area contributed by atoms with Gasteiger partial charge in [0.05, 0.1) is 11.5 Å². The Morgan fingerprint density at radius 2 is 2.22 bits per heavy atom. The lowest BCUT2D eigenvalue weighted by Gasteiger charge is -2.27. The molecule has 3 nitrogen and oxygen atoms in total. The van der Waals surface area contributed by atoms with Crippen LogP contribution >= 0.6 is 11.6 Å². The number of carbonyl (C=O) groups is 1. The van der Waals surface area contributed by atoms with E-state index in [4.69, 9.17) is 17.3 Å². The quantitative estimate of drug-likeness (QED) is 0.863. The maximum Gasteiger partial charge on any atom is 0.227 e. The smallest absolute Gasteiger partial charge is 0.227 e. The first-order valence-electron chi connectivity index (χ1n) is 6.19. The molecule has 3 N–H and O–H groups in total. The highest BCUT2D eigenvalue weighted by atomic mass is 35.5. The van der Waals surface area contributed by atoms with Gasteiger partial charge < -0.3 is 11.1 Å². The van der Waals surface area contributed by atoms with E-state index in [0.29, 0.717) is 11.6 Å². The van der Waals surface area contributed by atoms with Crippen molar-refractivity contribution < 1.29 is 4.79 Å². The molecule has 0 bridgehead atoms. The minimum absolute atomic E-state index is 0.0139. The first-order chi connectivity index (χ1) is 8.42. The summed E-state index contributed by atoms with van der Waals surface area (Å²) < 4.78 is 0. The molecule has 1 amide bonds. The van der Waals surface area contributed by atoms with Gasteiger partial charge in [-0.2, -0.15) is 0 Å². The van der Waals surface area contributed by atoms with Gasteiger partial charge in [0.15, 0.2) is 0 Å². The number of nitrogens with two attached hydrogens (primary N) is 1. The molecule has 0 aromatic heterocycles. The average molecular weight is 269 g/mol. The Morgan fingerprint density at radius 1 is 1.56 bits per heavy atom. The van der Waals surface area contributed by atoms with Crippen molar-refractivity contribution in [3.05, 3.63) is 34.9 Å². The van der Waals surface area contributed by atoms with Crippen LogP contribution in [0.1, 0.15) is 38.8 Å². The zero-order valence-corrected chi connectivity index (χ0v) is 11.9. The Balaban J connectivity index is 2.76. The van der Waals surface area contributed by atoms with Crippen molar-refractivity contribution in [3.8, 4) is 0 Å². The Labute approximate surface area is 114 Å². The predicted octanol–water partition coefficient (Wildman–Crippen LogP) is 2.89. The van der Waals surface area contributed by atoms with Crippen LogP contribution < -0.4 is 11.1 Å². The number of rotatable bonds is 5. The number of nitrogens with one attached hydrogen (secondary N) is 1. The summed E-state index contributed by atoms with van der Waals surface area (Å²) in [6, 6.07) is 7.42. The minimum atomic E-state index is -0.507. The summed E-state index contributed by atoms with van der Waals surface area (Å²) in [4.78, 5) is 12.2. The third-order valence-corrected chi connectivity index (χ3v) is 3.71. The van der Waals surface area contributed by atoms with Crippen LogP contribution in [0.25, 0.3) is 0 Å². The molecule has 0 spiro atoms. The van der Waals surface area contributed by atoms with Gasteiger partial charge in [0.2, 0.25) is 5.91 Å². The molecule has 0 fully saturated rings. The first kappa shape index (κ1) is 15.0. The number of hydrogen-bond donors (Lipinski definition) is 2. The first-order valence-corrected chi connectivity index (χ1v) is 6.57. The van der Waals surface area contributed by atoms with Gasteiger partial charge in [-0.25, -0.2) is 0 Å². The van der Waals surface area contributed by atoms with Crippen molar-refractivity contribution >= 4 is 17.5 Å². The monoisotopic (exact) mass is 268 g/mol. The third-order valence-electron chi connectivity index (χ3n) is 3.48. The van der Waals surface area contributed by atoms with Crippen LogP contribution in [-0.2, 0) is 4.79 Å². The molecule has 1 aromatic carbocycles. The molecule has 0 heterocycles. The van der Waals surface area contributed by atoms with E-state index in [1.54, 1.807) is 0 Å². The Bertz CT molecular complexity index is 416. The zero-order valence-electron chi connectivity index (χ0n) is 11.2. The van der Waals surface area contributed by atoms with Crippen LogP contribution in [0.3, 0.4) is 0 Å². The molecule has 0 aliphatic heterocycles. The number of hydrogen-bond acceptors (Lipinski definition) is 2. The molecule has 1 rings (SSSR count). The maximum atomic E-state index is 12.2. The molecule has 0 aliphatic carbocycles. The van der Waals surface area contributed by atoms with Crippen molar-refractivity contribution in [1.29, 1.82) is 0 Å². The number of benzene rings is 1. The van der Waals surface area contributed by atoms with Crippen molar-refractivity contribution in [2.75, 3.05) is 6.54 Å². The normalized spacial score (nSPS) is 15.8. The largest absolute Gasteiger partial charge is 0.349 e. The van der Waals surface area contributed by atoms with E-state index < -0.39 is 5.41 Å². The zero-order chi connectivity index (χ0) is 13.8. The van der Waals surface area contributed by atoms with Gasteiger partial charge in [0.25, 0.3) is 0 Å². The molecule has 1 aromatic rings. The number of halogens is 1. The highest BCUT2D eigenvalue weighted by molar-refractivity contribution is 6.30. The standard InChI is InChI=1S/C14H21ClN2O/c1-4-14(3,9-16)13(18)17-10(2)11-6-5-7-12(15)8-11/h5-8,10H,4,9,16H2,1-3H3,(H,17,18)/t10-,14?/m1/s1. The van der Waals surface area contributed by atoms with Crippen LogP contribution in [0.5, 0.6) is 0 Å². The molecule has 1 unspecified atom stereocenters. The van der Waals surface area contributed by atoms with Crippen molar-refractivity contribution in [3.63, 3.8) is 0 Å². The van der Waals surface area contributed by atoms with E-state index in [0.717, 1.165) is 12.0 Å². The Kier molecular flexibility index (Phi) is 5.17. The molecule has 18 heavy (non-hydrogen) atoms. The minimum Gasteiger partial charge on any atom is -0.349 e. The Hall–Kier alpha value is -1.06. The van der Waals surface area contributed by atoms with Crippen LogP contribution in [0.2, 0.25) is 5.02 Å². The van der Waals surface area contributed by atoms with Crippen LogP contribution in [0.15, 0.2) is 24.3 Å². The fraction of sp³-hybridized carbons (Fsp3) is 0.500. The number of carbonyl (C=O) groups excluding carboxylic acids is 1. The molecule has 0 saturated carbocycles. The predicted molar refractivity (Wildman–Crippen MR) is 75.5 cm³/mol. The van der Waals surface area contributed by atoms with E-state index in [9.17, 15) is 4.79 Å². The molecule has 100 valence electrons. The number of amides is 1. The summed E-state index contributed by atoms with van der Waals surface area (Å²) >= 11 is 5.94. The lowest BCUT2D eigenvalue weighted by Crippen LogP contribution is -2.44. The van der Waals surface area contributed by atoms with Gasteiger partial charge >= 0.3 is 0 Å². The lowest BCUT2D eigenvalue weighted by molar-refractivity contribution is -0.130.